The summed E-state index contributed by atoms with van der Waals surface area (Å²) in [5.74, 6) is 0.297. The lowest BCUT2D eigenvalue weighted by Crippen LogP contribution is -2.50. The quantitative estimate of drug-likeness (QED) is 0.531. The first kappa shape index (κ1) is 21.5. The van der Waals surface area contributed by atoms with Crippen LogP contribution in [0.5, 0.6) is 0 Å². The third kappa shape index (κ3) is 4.78. The second kappa shape index (κ2) is 9.20. The number of piperazine rings is 1. The van der Waals surface area contributed by atoms with Crippen molar-refractivity contribution in [2.45, 2.75) is 0 Å². The molecule has 1 aromatic carbocycles. The number of fused-ring (bicyclic) bond motifs is 1. The average Bonchev–Trinajstić information content (AvgIpc) is 3.05. The summed E-state index contributed by atoms with van der Waals surface area (Å²) in [5.41, 5.74) is 0. The van der Waals surface area contributed by atoms with Crippen LogP contribution in [0, 0.1) is 0 Å². The number of carbonyl (C=O) groups is 2. The van der Waals surface area contributed by atoms with Gasteiger partial charge in [-0.1, -0.05) is 29.3 Å². The van der Waals surface area contributed by atoms with Crippen molar-refractivity contribution in [3.8, 4) is 0 Å². The molecule has 0 saturated carbocycles. The minimum atomic E-state index is -0.131. The van der Waals surface area contributed by atoms with Crippen LogP contribution in [0.1, 0.15) is 9.67 Å². The predicted molar refractivity (Wildman–Crippen MR) is 125 cm³/mol. The van der Waals surface area contributed by atoms with Crippen LogP contribution in [0.2, 0.25) is 10.0 Å². The molecule has 30 heavy (non-hydrogen) atoms. The Morgan fingerprint density at radius 3 is 2.60 bits per heavy atom. The number of hydrogen-bond acceptors (Lipinski definition) is 5. The van der Waals surface area contributed by atoms with E-state index in [2.05, 4.69) is 26.2 Å². The predicted octanol–water partition coefficient (Wildman–Crippen LogP) is 4.76. The molecule has 10 heteroatoms. The number of benzene rings is 1. The van der Waals surface area contributed by atoms with Crippen LogP contribution in [0.4, 0.5) is 5.82 Å². The highest BCUT2D eigenvalue weighted by molar-refractivity contribution is 9.10. The van der Waals surface area contributed by atoms with Gasteiger partial charge in [0.05, 0.1) is 11.6 Å². The second-order valence-electron chi connectivity index (χ2n) is 6.86. The van der Waals surface area contributed by atoms with E-state index in [9.17, 15) is 9.59 Å². The summed E-state index contributed by atoms with van der Waals surface area (Å²) in [4.78, 5) is 33.7. The summed E-state index contributed by atoms with van der Waals surface area (Å²) in [7, 11) is 0. The van der Waals surface area contributed by atoms with Gasteiger partial charge in [-0.3, -0.25) is 14.5 Å². The Balaban J connectivity index is 1.34. The third-order valence-corrected chi connectivity index (χ3v) is 7.16. The maximum absolute atomic E-state index is 13.0. The SMILES string of the molecule is O=C(CN1CCN(C(=O)c2sc3cc(Cl)ccc3c2Cl)CC1)Nc1ccc(Br)cn1. The highest BCUT2D eigenvalue weighted by Gasteiger charge is 2.26. The van der Waals surface area contributed by atoms with Crippen LogP contribution >= 0.6 is 50.5 Å². The van der Waals surface area contributed by atoms with E-state index in [0.717, 1.165) is 14.6 Å². The first-order chi connectivity index (χ1) is 14.4. The van der Waals surface area contributed by atoms with Gasteiger partial charge in [0, 0.05) is 52.0 Å². The summed E-state index contributed by atoms with van der Waals surface area (Å²) < 4.78 is 1.75. The molecule has 1 fully saturated rings. The van der Waals surface area contributed by atoms with E-state index >= 15 is 0 Å². The Labute approximate surface area is 195 Å². The summed E-state index contributed by atoms with van der Waals surface area (Å²) in [6, 6.07) is 8.98. The molecule has 1 N–H and O–H groups in total. The third-order valence-electron chi connectivity index (χ3n) is 4.81. The van der Waals surface area contributed by atoms with Crippen molar-refractivity contribution in [3.05, 3.63) is 55.9 Å². The smallest absolute Gasteiger partial charge is 0.265 e. The molecule has 2 amide bonds. The monoisotopic (exact) mass is 526 g/mol. The topological polar surface area (TPSA) is 65.5 Å². The van der Waals surface area contributed by atoms with E-state index in [0.29, 0.717) is 46.9 Å². The van der Waals surface area contributed by atoms with Gasteiger partial charge >= 0.3 is 0 Å². The van der Waals surface area contributed by atoms with Gasteiger partial charge in [-0.25, -0.2) is 4.98 Å². The normalized spacial score (nSPS) is 14.8. The summed E-state index contributed by atoms with van der Waals surface area (Å²) >= 11 is 17.2. The number of aromatic nitrogens is 1. The second-order valence-corrected chi connectivity index (χ2v) is 9.65. The fourth-order valence-electron chi connectivity index (χ4n) is 3.26. The number of nitrogens with one attached hydrogen (secondary N) is 1. The zero-order chi connectivity index (χ0) is 21.3. The Hall–Kier alpha value is -1.71. The molecule has 156 valence electrons. The highest BCUT2D eigenvalue weighted by atomic mass is 79.9. The van der Waals surface area contributed by atoms with Crippen LogP contribution in [0.25, 0.3) is 10.1 Å². The largest absolute Gasteiger partial charge is 0.335 e. The molecule has 6 nitrogen and oxygen atoms in total. The van der Waals surface area contributed by atoms with E-state index < -0.39 is 0 Å². The molecule has 0 spiro atoms. The lowest BCUT2D eigenvalue weighted by Gasteiger charge is -2.34. The molecule has 3 heterocycles. The number of thiophene rings is 1. The number of nitrogens with zero attached hydrogens (tertiary/aromatic N) is 3. The van der Waals surface area contributed by atoms with Crippen molar-refractivity contribution in [2.75, 3.05) is 38.0 Å². The number of carbonyl (C=O) groups excluding carboxylic acids is 2. The van der Waals surface area contributed by atoms with Crippen LogP contribution < -0.4 is 5.32 Å². The fraction of sp³-hybridized carbons (Fsp3) is 0.250. The van der Waals surface area contributed by atoms with Crippen molar-refractivity contribution < 1.29 is 9.59 Å². The number of rotatable bonds is 4. The molecular weight excluding hydrogens is 511 g/mol. The molecule has 0 radical (unpaired) electrons. The fourth-order valence-corrected chi connectivity index (χ4v) is 5.26. The maximum atomic E-state index is 13.0. The summed E-state index contributed by atoms with van der Waals surface area (Å²) in [6.07, 6.45) is 1.63. The van der Waals surface area contributed by atoms with Crippen molar-refractivity contribution in [2.24, 2.45) is 0 Å². The van der Waals surface area contributed by atoms with Crippen molar-refractivity contribution in [1.29, 1.82) is 0 Å². The first-order valence-electron chi connectivity index (χ1n) is 9.21. The Bertz CT molecular complexity index is 1100. The minimum Gasteiger partial charge on any atom is -0.335 e. The number of pyridine rings is 1. The molecule has 4 rings (SSSR count). The summed E-state index contributed by atoms with van der Waals surface area (Å²) in [6.45, 7) is 2.55. The Kier molecular flexibility index (Phi) is 6.60. The first-order valence-corrected chi connectivity index (χ1v) is 11.6. The minimum absolute atomic E-state index is 0.0829. The standard InChI is InChI=1S/C20H17BrCl2N4O2S/c21-12-1-4-16(24-10-12)25-17(28)11-26-5-7-27(8-6-26)20(29)19-18(23)14-3-2-13(22)9-15(14)30-19/h1-4,9-10H,5-8,11H2,(H,24,25,28). The van der Waals surface area contributed by atoms with E-state index in [-0.39, 0.29) is 18.4 Å². The molecule has 1 saturated heterocycles. The van der Waals surface area contributed by atoms with Crippen molar-refractivity contribution >= 4 is 78.2 Å². The molecule has 0 atom stereocenters. The van der Waals surface area contributed by atoms with Gasteiger partial charge in [-0.15, -0.1) is 11.3 Å². The van der Waals surface area contributed by atoms with Crippen molar-refractivity contribution in [3.63, 3.8) is 0 Å². The van der Waals surface area contributed by atoms with E-state index in [1.54, 1.807) is 23.2 Å². The number of anilines is 1. The molecule has 2 aromatic heterocycles. The number of hydrogen-bond donors (Lipinski definition) is 1. The zero-order valence-electron chi connectivity index (χ0n) is 15.7. The van der Waals surface area contributed by atoms with Crippen LogP contribution in [0.15, 0.2) is 41.0 Å². The van der Waals surface area contributed by atoms with Crippen LogP contribution in [-0.2, 0) is 4.79 Å². The van der Waals surface area contributed by atoms with Gasteiger partial charge in [0.25, 0.3) is 5.91 Å². The lowest BCUT2D eigenvalue weighted by molar-refractivity contribution is -0.117. The molecule has 0 bridgehead atoms. The molecule has 1 aliphatic rings. The van der Waals surface area contributed by atoms with Gasteiger partial charge in [-0.2, -0.15) is 0 Å². The molecular formula is C20H17BrCl2N4O2S. The van der Waals surface area contributed by atoms with Gasteiger partial charge < -0.3 is 10.2 Å². The van der Waals surface area contributed by atoms with Crippen molar-refractivity contribution in [1.82, 2.24) is 14.8 Å². The van der Waals surface area contributed by atoms with E-state index in [1.165, 1.54) is 11.3 Å². The average molecular weight is 528 g/mol. The Morgan fingerprint density at radius 2 is 1.90 bits per heavy atom. The maximum Gasteiger partial charge on any atom is 0.265 e. The van der Waals surface area contributed by atoms with E-state index in [4.69, 9.17) is 23.2 Å². The number of amides is 2. The van der Waals surface area contributed by atoms with Crippen LogP contribution in [0.3, 0.4) is 0 Å². The number of halogens is 3. The van der Waals surface area contributed by atoms with Gasteiger partial charge in [0.1, 0.15) is 10.7 Å². The van der Waals surface area contributed by atoms with Gasteiger partial charge in [-0.05, 0) is 40.2 Å². The lowest BCUT2D eigenvalue weighted by atomic mass is 10.2. The van der Waals surface area contributed by atoms with E-state index in [1.807, 2.05) is 23.1 Å². The highest BCUT2D eigenvalue weighted by Crippen LogP contribution is 2.37. The van der Waals surface area contributed by atoms with Crippen LogP contribution in [-0.4, -0.2) is 59.3 Å². The molecule has 3 aromatic rings. The molecule has 1 aliphatic heterocycles. The summed E-state index contributed by atoms with van der Waals surface area (Å²) in [5, 5.41) is 4.71. The Morgan fingerprint density at radius 1 is 1.13 bits per heavy atom. The van der Waals surface area contributed by atoms with Gasteiger partial charge in [0.2, 0.25) is 5.91 Å². The molecule has 0 unspecified atom stereocenters. The van der Waals surface area contributed by atoms with Gasteiger partial charge in [0.15, 0.2) is 0 Å². The zero-order valence-corrected chi connectivity index (χ0v) is 19.6. The molecule has 0 aliphatic carbocycles.